The second kappa shape index (κ2) is 8.91. The summed E-state index contributed by atoms with van der Waals surface area (Å²) in [4.78, 5) is 14.6. The molecule has 1 atom stereocenters. The lowest BCUT2D eigenvalue weighted by atomic mass is 10.2. The summed E-state index contributed by atoms with van der Waals surface area (Å²) in [5.74, 6) is 0.831. The Bertz CT molecular complexity index is 853. The predicted octanol–water partition coefficient (Wildman–Crippen LogP) is 1.51. The van der Waals surface area contributed by atoms with E-state index in [1.165, 1.54) is 18.3 Å². The number of nitrogens with zero attached hydrogens (tertiary/aromatic N) is 4. The lowest BCUT2D eigenvalue weighted by Gasteiger charge is -2.29. The van der Waals surface area contributed by atoms with Gasteiger partial charge in [-0.2, -0.15) is 5.10 Å². The number of halogens is 2. The van der Waals surface area contributed by atoms with E-state index < -0.39 is 23.8 Å². The van der Waals surface area contributed by atoms with Gasteiger partial charge in [-0.3, -0.25) is 9.91 Å². The minimum atomic E-state index is -0.813. The maximum Gasteiger partial charge on any atom is 0.414 e. The van der Waals surface area contributed by atoms with Crippen molar-refractivity contribution in [3.05, 3.63) is 23.8 Å². The van der Waals surface area contributed by atoms with E-state index >= 15 is 0 Å². The van der Waals surface area contributed by atoms with Gasteiger partial charge in [0.25, 0.3) is 5.17 Å². The van der Waals surface area contributed by atoms with E-state index in [9.17, 15) is 13.6 Å². The van der Waals surface area contributed by atoms with Gasteiger partial charge in [0.05, 0.1) is 39.0 Å². The molecule has 0 radical (unpaired) electrons. The van der Waals surface area contributed by atoms with Gasteiger partial charge in [-0.25, -0.2) is 13.6 Å². The van der Waals surface area contributed by atoms with Crippen LogP contribution in [0.4, 0.5) is 25.0 Å². The molecule has 0 bridgehead atoms. The van der Waals surface area contributed by atoms with Crippen molar-refractivity contribution < 1.29 is 23.0 Å². The van der Waals surface area contributed by atoms with E-state index in [2.05, 4.69) is 16.3 Å². The monoisotopic (exact) mass is 423 g/mol. The van der Waals surface area contributed by atoms with E-state index in [1.807, 2.05) is 0 Å². The zero-order chi connectivity index (χ0) is 21.0. The summed E-state index contributed by atoms with van der Waals surface area (Å²) in [6.07, 6.45) is 5.32. The average Bonchev–Trinajstić information content (AvgIpc) is 3.07. The van der Waals surface area contributed by atoms with E-state index in [-0.39, 0.29) is 29.6 Å². The summed E-state index contributed by atoms with van der Waals surface area (Å²) in [7, 11) is 1.41. The molecule has 2 heterocycles. The molecule has 1 saturated heterocycles. The molecule has 0 saturated carbocycles. The van der Waals surface area contributed by atoms with Crippen LogP contribution >= 0.6 is 12.2 Å². The molecular weight excluding hydrogens is 404 g/mol. The standard InChI is InChI=1S/C18H19F2N5O3S/c1-3-4-24-6-5-23(11-22-24)16-14(19)7-12(8-15(16)20)25-10-13(28-18(25)26)9-21-17(29)27-2/h1,7-8,11,13H,4-6,9-10H2,2H3,(H,21,29)/t13-/m0/s1. The van der Waals surface area contributed by atoms with Gasteiger partial charge in [-0.1, -0.05) is 5.92 Å². The van der Waals surface area contributed by atoms with Gasteiger partial charge in [0.1, 0.15) is 18.1 Å². The summed E-state index contributed by atoms with van der Waals surface area (Å²) in [6, 6.07) is 2.19. The minimum Gasteiger partial charge on any atom is -0.474 e. The third kappa shape index (κ3) is 4.65. The number of benzene rings is 1. The number of anilines is 2. The molecule has 1 N–H and O–H groups in total. The summed E-state index contributed by atoms with van der Waals surface area (Å²) >= 11 is 4.86. The van der Waals surface area contributed by atoms with E-state index in [4.69, 9.17) is 28.1 Å². The van der Waals surface area contributed by atoms with Crippen LogP contribution in [0.25, 0.3) is 0 Å². The summed E-state index contributed by atoms with van der Waals surface area (Å²) in [5.41, 5.74) is -0.178. The molecule has 1 aromatic carbocycles. The van der Waals surface area contributed by atoms with Gasteiger partial charge in [0.2, 0.25) is 0 Å². The van der Waals surface area contributed by atoms with Crippen LogP contribution in [0.1, 0.15) is 0 Å². The molecule has 29 heavy (non-hydrogen) atoms. The zero-order valence-corrected chi connectivity index (χ0v) is 16.4. The summed E-state index contributed by atoms with van der Waals surface area (Å²) in [5, 5.41) is 8.62. The van der Waals surface area contributed by atoms with Gasteiger partial charge in [0, 0.05) is 18.7 Å². The maximum atomic E-state index is 14.7. The zero-order valence-electron chi connectivity index (χ0n) is 15.6. The van der Waals surface area contributed by atoms with Crippen LogP contribution in [0.15, 0.2) is 17.2 Å². The molecule has 8 nitrogen and oxygen atoms in total. The number of nitrogens with one attached hydrogen (secondary N) is 1. The van der Waals surface area contributed by atoms with Crippen molar-refractivity contribution in [1.82, 2.24) is 10.3 Å². The fourth-order valence-electron chi connectivity index (χ4n) is 2.96. The van der Waals surface area contributed by atoms with Crippen LogP contribution in [-0.2, 0) is 9.47 Å². The lowest BCUT2D eigenvalue weighted by Crippen LogP contribution is -2.39. The van der Waals surface area contributed by atoms with Gasteiger partial charge in [0.15, 0.2) is 11.6 Å². The van der Waals surface area contributed by atoms with Crippen molar-refractivity contribution in [3.8, 4) is 12.3 Å². The fourth-order valence-corrected chi connectivity index (χ4v) is 3.04. The third-order valence-corrected chi connectivity index (χ3v) is 4.67. The highest BCUT2D eigenvalue weighted by atomic mass is 32.1. The Labute approximate surface area is 172 Å². The van der Waals surface area contributed by atoms with Gasteiger partial charge in [-0.05, 0) is 12.2 Å². The van der Waals surface area contributed by atoms with Gasteiger partial charge < -0.3 is 19.7 Å². The molecule has 11 heteroatoms. The summed E-state index contributed by atoms with van der Waals surface area (Å²) in [6.45, 7) is 1.39. The highest BCUT2D eigenvalue weighted by molar-refractivity contribution is 7.80. The van der Waals surface area contributed by atoms with Crippen molar-refractivity contribution >= 4 is 41.2 Å². The number of thiocarbonyl (C=S) groups is 1. The molecule has 2 aliphatic heterocycles. The first-order valence-corrected chi connectivity index (χ1v) is 9.12. The molecular formula is C18H19F2N5O3S. The van der Waals surface area contributed by atoms with Crippen molar-refractivity contribution in [2.75, 3.05) is 49.6 Å². The Hall–Kier alpha value is -3.13. The Morgan fingerprint density at radius 3 is 2.76 bits per heavy atom. The molecule has 0 aromatic heterocycles. The first-order valence-electron chi connectivity index (χ1n) is 8.71. The number of amides is 1. The van der Waals surface area contributed by atoms with Crippen molar-refractivity contribution in [2.45, 2.75) is 6.10 Å². The van der Waals surface area contributed by atoms with E-state index in [1.54, 1.807) is 5.01 Å². The summed E-state index contributed by atoms with van der Waals surface area (Å²) < 4.78 is 39.4. The van der Waals surface area contributed by atoms with Crippen molar-refractivity contribution in [2.24, 2.45) is 5.10 Å². The molecule has 0 aliphatic carbocycles. The number of carbonyl (C=O) groups excluding carboxylic acids is 1. The SMILES string of the molecule is C#CCN1CCN(c2c(F)cc(N3C[C@H](CNC(=S)OC)OC3=O)cc2F)C=N1. The maximum absolute atomic E-state index is 14.7. The Kier molecular flexibility index (Phi) is 6.33. The van der Waals surface area contributed by atoms with Crippen LogP contribution in [0.3, 0.4) is 0 Å². The number of hydrogen-bond acceptors (Lipinski definition) is 7. The van der Waals surface area contributed by atoms with Crippen LogP contribution < -0.4 is 15.1 Å². The predicted molar refractivity (Wildman–Crippen MR) is 108 cm³/mol. The van der Waals surface area contributed by atoms with Crippen LogP contribution in [0.5, 0.6) is 0 Å². The lowest BCUT2D eigenvalue weighted by molar-refractivity contribution is 0.142. The highest BCUT2D eigenvalue weighted by Gasteiger charge is 2.34. The first kappa shape index (κ1) is 20.6. The number of ether oxygens (including phenoxy) is 2. The number of methoxy groups -OCH3 is 1. The molecule has 0 unspecified atom stereocenters. The Morgan fingerprint density at radius 2 is 2.17 bits per heavy atom. The molecule has 154 valence electrons. The number of cyclic esters (lactones) is 1. The smallest absolute Gasteiger partial charge is 0.414 e. The first-order chi connectivity index (χ1) is 13.9. The quantitative estimate of drug-likeness (QED) is 0.569. The molecule has 3 rings (SSSR count). The highest BCUT2D eigenvalue weighted by Crippen LogP contribution is 2.31. The van der Waals surface area contributed by atoms with Crippen molar-refractivity contribution in [1.29, 1.82) is 0 Å². The minimum absolute atomic E-state index is 0.0634. The van der Waals surface area contributed by atoms with Crippen LogP contribution in [-0.4, -0.2) is 68.6 Å². The Balaban J connectivity index is 1.73. The van der Waals surface area contributed by atoms with Crippen LogP contribution in [0.2, 0.25) is 0 Å². The number of carbonyl (C=O) groups is 1. The molecule has 1 fully saturated rings. The number of terminal acetylenes is 1. The normalized spacial score (nSPS) is 18.5. The largest absolute Gasteiger partial charge is 0.474 e. The Morgan fingerprint density at radius 1 is 1.45 bits per heavy atom. The van der Waals surface area contributed by atoms with Crippen molar-refractivity contribution in [3.63, 3.8) is 0 Å². The molecule has 1 aromatic rings. The van der Waals surface area contributed by atoms with Gasteiger partial charge >= 0.3 is 6.09 Å². The number of hydrazone groups is 1. The second-order valence-electron chi connectivity index (χ2n) is 6.26. The number of rotatable bonds is 5. The third-order valence-electron chi connectivity index (χ3n) is 4.36. The van der Waals surface area contributed by atoms with Crippen LogP contribution in [0, 0.1) is 24.0 Å². The fraction of sp³-hybridized carbons (Fsp3) is 0.389. The average molecular weight is 423 g/mol. The topological polar surface area (TPSA) is 69.6 Å². The van der Waals surface area contributed by atoms with Gasteiger partial charge in [-0.15, -0.1) is 6.42 Å². The van der Waals surface area contributed by atoms with E-state index in [0.717, 1.165) is 17.0 Å². The molecule has 1 amide bonds. The second-order valence-corrected chi connectivity index (χ2v) is 6.63. The molecule has 2 aliphatic rings. The molecule has 0 spiro atoms. The van der Waals surface area contributed by atoms with E-state index in [0.29, 0.717) is 19.6 Å². The number of hydrogen-bond donors (Lipinski definition) is 1.